The van der Waals surface area contributed by atoms with Crippen LogP contribution in [0.1, 0.15) is 27.9 Å². The third kappa shape index (κ3) is 3.42. The van der Waals surface area contributed by atoms with Crippen molar-refractivity contribution in [2.24, 2.45) is 0 Å². The van der Waals surface area contributed by atoms with E-state index in [9.17, 15) is 19.7 Å². The topological polar surface area (TPSA) is 140 Å². The third-order valence-electron chi connectivity index (χ3n) is 2.50. The van der Waals surface area contributed by atoms with Gasteiger partial charge in [0.25, 0.3) is 11.6 Å². The number of nitro benzene ring substituents is 1. The van der Waals surface area contributed by atoms with Gasteiger partial charge in [-0.15, -0.1) is 5.10 Å². The van der Waals surface area contributed by atoms with Crippen LogP contribution in [-0.4, -0.2) is 38.6 Å². The minimum absolute atomic E-state index is 0.0664. The van der Waals surface area contributed by atoms with Gasteiger partial charge in [-0.25, -0.2) is 4.79 Å². The van der Waals surface area contributed by atoms with E-state index in [1.54, 1.807) is 6.92 Å². The molecule has 114 valence electrons. The number of esters is 1. The van der Waals surface area contributed by atoms with Crippen LogP contribution in [0.15, 0.2) is 24.3 Å². The molecule has 0 aliphatic carbocycles. The molecular weight excluding hydrogens is 294 g/mol. The van der Waals surface area contributed by atoms with Crippen molar-refractivity contribution in [1.82, 2.24) is 15.2 Å². The molecule has 2 N–H and O–H groups in total. The summed E-state index contributed by atoms with van der Waals surface area (Å²) >= 11 is 0. The molecule has 0 bridgehead atoms. The Morgan fingerprint density at radius 1 is 1.45 bits per heavy atom. The largest absolute Gasteiger partial charge is 0.460 e. The standard InChI is InChI=1S/C12H11N5O5/c1-2-22-11(19)9-13-12(16-15-9)14-10(18)7-4-3-5-8(6-7)17(20)21/h3-6H,2H2,1H3,(H2,13,14,15,16,18). The summed E-state index contributed by atoms with van der Waals surface area (Å²) in [4.78, 5) is 37.1. The summed E-state index contributed by atoms with van der Waals surface area (Å²) in [5.74, 6) is -1.64. The molecule has 1 amide bonds. The van der Waals surface area contributed by atoms with E-state index in [0.29, 0.717) is 0 Å². The minimum atomic E-state index is -0.703. The van der Waals surface area contributed by atoms with Crippen LogP contribution in [0.3, 0.4) is 0 Å². The zero-order valence-electron chi connectivity index (χ0n) is 11.4. The molecule has 0 atom stereocenters. The average molecular weight is 305 g/mol. The summed E-state index contributed by atoms with van der Waals surface area (Å²) in [5, 5.41) is 18.9. The highest BCUT2D eigenvalue weighted by molar-refractivity contribution is 6.03. The van der Waals surface area contributed by atoms with E-state index >= 15 is 0 Å². The van der Waals surface area contributed by atoms with Gasteiger partial charge >= 0.3 is 5.97 Å². The van der Waals surface area contributed by atoms with Crippen molar-refractivity contribution in [2.75, 3.05) is 11.9 Å². The van der Waals surface area contributed by atoms with Gasteiger partial charge in [-0.2, -0.15) is 4.98 Å². The van der Waals surface area contributed by atoms with Crippen LogP contribution in [0.2, 0.25) is 0 Å². The molecule has 0 spiro atoms. The van der Waals surface area contributed by atoms with Gasteiger partial charge in [-0.3, -0.25) is 25.3 Å². The molecule has 0 aliphatic heterocycles. The molecule has 0 unspecified atom stereocenters. The Labute approximate surface area is 123 Å². The second kappa shape index (κ2) is 6.43. The number of H-pyrrole nitrogens is 1. The maximum atomic E-state index is 11.9. The van der Waals surface area contributed by atoms with Gasteiger partial charge in [0.2, 0.25) is 11.8 Å². The quantitative estimate of drug-likeness (QED) is 0.479. The molecule has 2 rings (SSSR count). The predicted molar refractivity (Wildman–Crippen MR) is 73.4 cm³/mol. The maximum Gasteiger partial charge on any atom is 0.375 e. The van der Waals surface area contributed by atoms with Gasteiger partial charge < -0.3 is 4.74 Å². The summed E-state index contributed by atoms with van der Waals surface area (Å²) in [6.07, 6.45) is 0. The Kier molecular flexibility index (Phi) is 4.41. The number of hydrogen-bond donors (Lipinski definition) is 2. The lowest BCUT2D eigenvalue weighted by molar-refractivity contribution is -0.384. The van der Waals surface area contributed by atoms with Crippen LogP contribution < -0.4 is 5.32 Å². The number of benzene rings is 1. The Bertz CT molecular complexity index is 726. The van der Waals surface area contributed by atoms with Crippen molar-refractivity contribution in [3.63, 3.8) is 0 Å². The second-order valence-electron chi connectivity index (χ2n) is 3.99. The second-order valence-corrected chi connectivity index (χ2v) is 3.99. The van der Waals surface area contributed by atoms with Crippen molar-refractivity contribution >= 4 is 23.5 Å². The molecule has 2 aromatic rings. The Morgan fingerprint density at radius 2 is 2.23 bits per heavy atom. The lowest BCUT2D eigenvalue weighted by atomic mass is 10.2. The summed E-state index contributed by atoms with van der Waals surface area (Å²) in [7, 11) is 0. The van der Waals surface area contributed by atoms with Crippen LogP contribution in [0.5, 0.6) is 0 Å². The fraction of sp³-hybridized carbons (Fsp3) is 0.167. The summed E-state index contributed by atoms with van der Waals surface area (Å²) in [5.41, 5.74) is -0.147. The maximum absolute atomic E-state index is 11.9. The lowest BCUT2D eigenvalue weighted by Crippen LogP contribution is -2.13. The van der Waals surface area contributed by atoms with Gasteiger partial charge in [0.05, 0.1) is 11.5 Å². The number of aromatic nitrogens is 3. The van der Waals surface area contributed by atoms with Crippen molar-refractivity contribution in [1.29, 1.82) is 0 Å². The van der Waals surface area contributed by atoms with Gasteiger partial charge in [0.1, 0.15) is 0 Å². The molecule has 1 aromatic carbocycles. The minimum Gasteiger partial charge on any atom is -0.460 e. The summed E-state index contributed by atoms with van der Waals surface area (Å²) < 4.78 is 4.71. The molecule has 0 radical (unpaired) electrons. The molecule has 0 fully saturated rings. The van der Waals surface area contributed by atoms with Crippen LogP contribution in [0, 0.1) is 10.1 Å². The molecular formula is C12H11N5O5. The molecule has 0 saturated carbocycles. The Balaban J connectivity index is 2.10. The van der Waals surface area contributed by atoms with E-state index in [1.807, 2.05) is 0 Å². The SMILES string of the molecule is CCOC(=O)c1nc(NC(=O)c2cccc([N+](=O)[O-])c2)n[nH]1. The van der Waals surface area contributed by atoms with E-state index in [4.69, 9.17) is 4.74 Å². The number of anilines is 1. The molecule has 1 aromatic heterocycles. The number of hydrogen-bond acceptors (Lipinski definition) is 7. The third-order valence-corrected chi connectivity index (χ3v) is 2.50. The monoisotopic (exact) mass is 305 g/mol. The molecule has 10 nitrogen and oxygen atoms in total. The van der Waals surface area contributed by atoms with Crippen LogP contribution in [-0.2, 0) is 4.74 Å². The normalized spacial score (nSPS) is 10.0. The van der Waals surface area contributed by atoms with Crippen molar-refractivity contribution in [3.05, 3.63) is 45.8 Å². The molecule has 10 heteroatoms. The van der Waals surface area contributed by atoms with Gasteiger partial charge in [0.15, 0.2) is 0 Å². The van der Waals surface area contributed by atoms with E-state index in [-0.39, 0.29) is 29.6 Å². The highest BCUT2D eigenvalue weighted by atomic mass is 16.6. The number of aromatic amines is 1. The summed E-state index contributed by atoms with van der Waals surface area (Å²) in [6, 6.07) is 5.17. The number of nitro groups is 1. The first kappa shape index (κ1) is 15.1. The van der Waals surface area contributed by atoms with Crippen LogP contribution >= 0.6 is 0 Å². The number of ether oxygens (including phenoxy) is 1. The highest BCUT2D eigenvalue weighted by Gasteiger charge is 2.16. The molecule has 22 heavy (non-hydrogen) atoms. The number of non-ortho nitro benzene ring substituents is 1. The first-order valence-electron chi connectivity index (χ1n) is 6.16. The van der Waals surface area contributed by atoms with Gasteiger partial charge in [0, 0.05) is 17.7 Å². The van der Waals surface area contributed by atoms with E-state index < -0.39 is 16.8 Å². The highest BCUT2D eigenvalue weighted by Crippen LogP contribution is 2.14. The predicted octanol–water partition coefficient (Wildman–Crippen LogP) is 1.14. The van der Waals surface area contributed by atoms with Crippen LogP contribution in [0.25, 0.3) is 0 Å². The number of nitrogens with zero attached hydrogens (tertiary/aromatic N) is 3. The fourth-order valence-corrected chi connectivity index (χ4v) is 1.54. The Morgan fingerprint density at radius 3 is 2.91 bits per heavy atom. The van der Waals surface area contributed by atoms with E-state index in [2.05, 4.69) is 20.5 Å². The molecule has 0 aliphatic rings. The van der Waals surface area contributed by atoms with Gasteiger partial charge in [-0.1, -0.05) is 6.07 Å². The van der Waals surface area contributed by atoms with Crippen LogP contribution in [0.4, 0.5) is 11.6 Å². The zero-order valence-corrected chi connectivity index (χ0v) is 11.4. The first-order valence-corrected chi connectivity index (χ1v) is 6.16. The van der Waals surface area contributed by atoms with E-state index in [0.717, 1.165) is 6.07 Å². The summed E-state index contributed by atoms with van der Waals surface area (Å²) in [6.45, 7) is 1.81. The number of nitrogens with one attached hydrogen (secondary N) is 2. The van der Waals surface area contributed by atoms with Crippen molar-refractivity contribution in [3.8, 4) is 0 Å². The van der Waals surface area contributed by atoms with E-state index in [1.165, 1.54) is 18.2 Å². The number of rotatable bonds is 5. The number of amides is 1. The average Bonchev–Trinajstić information content (AvgIpc) is 2.96. The van der Waals surface area contributed by atoms with Crippen molar-refractivity contribution < 1.29 is 19.2 Å². The molecule has 1 heterocycles. The first-order chi connectivity index (χ1) is 10.5. The number of carbonyl (C=O) groups excluding carboxylic acids is 2. The Hall–Kier alpha value is -3.30. The zero-order chi connectivity index (χ0) is 16.1. The number of carbonyl (C=O) groups is 2. The van der Waals surface area contributed by atoms with Gasteiger partial charge in [-0.05, 0) is 13.0 Å². The lowest BCUT2D eigenvalue weighted by Gasteiger charge is -2.00. The smallest absolute Gasteiger partial charge is 0.375 e. The van der Waals surface area contributed by atoms with Crippen molar-refractivity contribution in [2.45, 2.75) is 6.92 Å². The molecule has 0 saturated heterocycles. The fourth-order valence-electron chi connectivity index (χ4n) is 1.54.